The first kappa shape index (κ1) is 26.2. The highest BCUT2D eigenvalue weighted by Gasteiger charge is 2.18. The van der Waals surface area contributed by atoms with Gasteiger partial charge in [0.25, 0.3) is 0 Å². The number of piperidine rings is 1. The summed E-state index contributed by atoms with van der Waals surface area (Å²) < 4.78 is 23.5. The molecule has 1 aliphatic rings. The van der Waals surface area contributed by atoms with E-state index in [0.717, 1.165) is 30.2 Å². The fraction of sp³-hybridized carbons (Fsp3) is 0.667. The van der Waals surface area contributed by atoms with Gasteiger partial charge in [-0.1, -0.05) is 19.1 Å². The highest BCUT2D eigenvalue weighted by molar-refractivity contribution is 14.0. The molecule has 166 valence electrons. The third-order valence-corrected chi connectivity index (χ3v) is 6.46. The highest BCUT2D eigenvalue weighted by Crippen LogP contribution is 2.18. The molecule has 0 amide bonds. The molecule has 6 nitrogen and oxygen atoms in total. The van der Waals surface area contributed by atoms with Crippen molar-refractivity contribution < 1.29 is 8.42 Å². The fourth-order valence-corrected chi connectivity index (χ4v) is 4.67. The van der Waals surface area contributed by atoms with Crippen LogP contribution in [-0.2, 0) is 16.4 Å². The molecule has 0 radical (unpaired) electrons. The molecule has 0 saturated carbocycles. The van der Waals surface area contributed by atoms with Gasteiger partial charge in [-0.3, -0.25) is 0 Å². The zero-order valence-electron chi connectivity index (χ0n) is 18.2. The summed E-state index contributed by atoms with van der Waals surface area (Å²) in [5, 5.41) is 6.79. The SMILES string of the molecule is CCCN1CCC(CNC(=NCc2ccc(S(C)(=O)=O)c(C)c2)NCC)CC1.I. The second-order valence-electron chi connectivity index (χ2n) is 7.73. The molecule has 0 spiro atoms. The second-order valence-corrected chi connectivity index (χ2v) is 9.72. The van der Waals surface area contributed by atoms with Gasteiger partial charge < -0.3 is 15.5 Å². The number of hydrogen-bond donors (Lipinski definition) is 2. The standard InChI is InChI=1S/C21H36N4O2S.HI/c1-5-11-25-12-9-18(10-13-25)15-23-21(22-6-2)24-16-19-7-8-20(17(3)14-19)28(4,26)27;/h7-8,14,18H,5-6,9-13,15-16H2,1-4H3,(H2,22,23,24);1H. The Morgan fingerprint density at radius 3 is 2.45 bits per heavy atom. The van der Waals surface area contributed by atoms with Crippen molar-refractivity contribution in [3.05, 3.63) is 29.3 Å². The number of halogens is 1. The van der Waals surface area contributed by atoms with Gasteiger partial charge in [-0.25, -0.2) is 13.4 Å². The average molecular weight is 537 g/mol. The summed E-state index contributed by atoms with van der Waals surface area (Å²) in [6.45, 7) is 12.0. The Morgan fingerprint density at radius 1 is 1.21 bits per heavy atom. The Hall–Kier alpha value is -0.870. The summed E-state index contributed by atoms with van der Waals surface area (Å²) in [6, 6.07) is 5.44. The van der Waals surface area contributed by atoms with Crippen molar-refractivity contribution in [3.8, 4) is 0 Å². The van der Waals surface area contributed by atoms with Crippen molar-refractivity contribution in [2.45, 2.75) is 51.5 Å². The minimum absolute atomic E-state index is 0. The van der Waals surface area contributed by atoms with Crippen LogP contribution < -0.4 is 10.6 Å². The molecule has 1 aromatic carbocycles. The molecule has 1 aliphatic heterocycles. The summed E-state index contributed by atoms with van der Waals surface area (Å²) in [6.07, 6.45) is 4.94. The summed E-state index contributed by atoms with van der Waals surface area (Å²) in [5.74, 6) is 1.51. The quantitative estimate of drug-likeness (QED) is 0.304. The Labute approximate surface area is 193 Å². The summed E-state index contributed by atoms with van der Waals surface area (Å²) in [7, 11) is -3.18. The van der Waals surface area contributed by atoms with E-state index in [4.69, 9.17) is 0 Å². The molecule has 0 unspecified atom stereocenters. The van der Waals surface area contributed by atoms with E-state index in [0.29, 0.717) is 17.4 Å². The molecule has 2 N–H and O–H groups in total. The van der Waals surface area contributed by atoms with Gasteiger partial charge in [0.05, 0.1) is 11.4 Å². The fourth-order valence-electron chi connectivity index (χ4n) is 3.71. The van der Waals surface area contributed by atoms with E-state index in [1.165, 1.54) is 45.2 Å². The van der Waals surface area contributed by atoms with Crippen LogP contribution in [0.3, 0.4) is 0 Å². The van der Waals surface area contributed by atoms with Crippen LogP contribution in [0.15, 0.2) is 28.1 Å². The molecule has 1 fully saturated rings. The van der Waals surface area contributed by atoms with Crippen molar-refractivity contribution in [2.75, 3.05) is 39.0 Å². The van der Waals surface area contributed by atoms with Gasteiger partial charge in [0.15, 0.2) is 15.8 Å². The summed E-state index contributed by atoms with van der Waals surface area (Å²) in [5.41, 5.74) is 1.78. The zero-order valence-corrected chi connectivity index (χ0v) is 21.3. The molecule has 0 atom stereocenters. The first-order valence-electron chi connectivity index (χ1n) is 10.4. The number of benzene rings is 1. The lowest BCUT2D eigenvalue weighted by molar-refractivity contribution is 0.185. The number of hydrogen-bond acceptors (Lipinski definition) is 4. The number of nitrogens with one attached hydrogen (secondary N) is 2. The lowest BCUT2D eigenvalue weighted by atomic mass is 9.97. The van der Waals surface area contributed by atoms with Crippen LogP contribution >= 0.6 is 24.0 Å². The smallest absolute Gasteiger partial charge is 0.191 e. The molecule has 1 aromatic rings. The van der Waals surface area contributed by atoms with Crippen LogP contribution in [0.2, 0.25) is 0 Å². The van der Waals surface area contributed by atoms with Crippen LogP contribution in [0.5, 0.6) is 0 Å². The van der Waals surface area contributed by atoms with E-state index in [9.17, 15) is 8.42 Å². The van der Waals surface area contributed by atoms with E-state index >= 15 is 0 Å². The van der Waals surface area contributed by atoms with Crippen LogP contribution in [0.1, 0.15) is 44.2 Å². The van der Waals surface area contributed by atoms with E-state index in [1.54, 1.807) is 6.07 Å². The number of nitrogens with zero attached hydrogens (tertiary/aromatic N) is 2. The van der Waals surface area contributed by atoms with Crippen LogP contribution in [-0.4, -0.2) is 58.3 Å². The largest absolute Gasteiger partial charge is 0.357 e. The highest BCUT2D eigenvalue weighted by atomic mass is 127. The molecule has 1 saturated heterocycles. The van der Waals surface area contributed by atoms with Crippen molar-refractivity contribution in [2.24, 2.45) is 10.9 Å². The molecular formula is C21H37IN4O2S. The summed E-state index contributed by atoms with van der Waals surface area (Å²) in [4.78, 5) is 7.62. The van der Waals surface area contributed by atoms with E-state index in [1.807, 2.05) is 19.1 Å². The van der Waals surface area contributed by atoms with Gasteiger partial charge in [0.2, 0.25) is 0 Å². The molecule has 0 aromatic heterocycles. The lowest BCUT2D eigenvalue weighted by Gasteiger charge is -2.32. The van der Waals surface area contributed by atoms with Gasteiger partial charge in [0, 0.05) is 19.3 Å². The van der Waals surface area contributed by atoms with E-state index in [2.05, 4.69) is 34.4 Å². The molecule has 0 bridgehead atoms. The maximum absolute atomic E-state index is 11.8. The number of rotatable bonds is 8. The van der Waals surface area contributed by atoms with Gasteiger partial charge >= 0.3 is 0 Å². The minimum Gasteiger partial charge on any atom is -0.357 e. The van der Waals surface area contributed by atoms with Crippen LogP contribution in [0.4, 0.5) is 0 Å². The molecule has 8 heteroatoms. The van der Waals surface area contributed by atoms with Gasteiger partial charge in [-0.15, -0.1) is 24.0 Å². The van der Waals surface area contributed by atoms with Crippen LogP contribution in [0.25, 0.3) is 0 Å². The Kier molecular flexibility index (Phi) is 11.5. The van der Waals surface area contributed by atoms with Crippen molar-refractivity contribution in [1.82, 2.24) is 15.5 Å². The predicted molar refractivity (Wildman–Crippen MR) is 132 cm³/mol. The maximum atomic E-state index is 11.8. The third kappa shape index (κ3) is 8.80. The number of aryl methyl sites for hydroxylation is 1. The number of aliphatic imine (C=N–C) groups is 1. The normalized spacial score (nSPS) is 16.3. The van der Waals surface area contributed by atoms with Crippen molar-refractivity contribution in [3.63, 3.8) is 0 Å². The number of guanidine groups is 1. The number of likely N-dealkylation sites (tertiary alicyclic amines) is 1. The topological polar surface area (TPSA) is 73.8 Å². The number of sulfone groups is 1. The van der Waals surface area contributed by atoms with Gasteiger partial charge in [0.1, 0.15) is 0 Å². The maximum Gasteiger partial charge on any atom is 0.191 e. The molecule has 29 heavy (non-hydrogen) atoms. The van der Waals surface area contributed by atoms with E-state index in [-0.39, 0.29) is 24.0 Å². The summed E-state index contributed by atoms with van der Waals surface area (Å²) >= 11 is 0. The zero-order chi connectivity index (χ0) is 20.6. The van der Waals surface area contributed by atoms with Crippen LogP contribution in [0, 0.1) is 12.8 Å². The Balaban J connectivity index is 0.00000420. The van der Waals surface area contributed by atoms with Crippen molar-refractivity contribution >= 4 is 39.8 Å². The second kappa shape index (κ2) is 12.7. The Morgan fingerprint density at radius 2 is 1.90 bits per heavy atom. The molecule has 1 heterocycles. The monoisotopic (exact) mass is 536 g/mol. The third-order valence-electron chi connectivity index (χ3n) is 5.21. The van der Waals surface area contributed by atoms with Gasteiger partial charge in [-0.2, -0.15) is 0 Å². The molecule has 0 aliphatic carbocycles. The Bertz CT molecular complexity index is 760. The van der Waals surface area contributed by atoms with E-state index < -0.39 is 9.84 Å². The first-order chi connectivity index (χ1) is 13.3. The lowest BCUT2D eigenvalue weighted by Crippen LogP contribution is -2.43. The molecule has 2 rings (SSSR count). The predicted octanol–water partition coefficient (Wildman–Crippen LogP) is 3.19. The molecular weight excluding hydrogens is 499 g/mol. The first-order valence-corrected chi connectivity index (χ1v) is 12.3. The minimum atomic E-state index is -3.18. The van der Waals surface area contributed by atoms with Crippen molar-refractivity contribution in [1.29, 1.82) is 0 Å². The van der Waals surface area contributed by atoms with Gasteiger partial charge in [-0.05, 0) is 75.9 Å². The average Bonchev–Trinajstić information content (AvgIpc) is 2.64.